The van der Waals surface area contributed by atoms with E-state index < -0.39 is 5.82 Å². The van der Waals surface area contributed by atoms with Crippen LogP contribution in [0.25, 0.3) is 11.1 Å². The number of carbonyl (C=O) groups excluding carboxylic acids is 1. The molecule has 0 spiro atoms. The maximum Gasteiger partial charge on any atom is 0.257 e. The molecule has 0 aromatic heterocycles. The quantitative estimate of drug-likeness (QED) is 0.938. The van der Waals surface area contributed by atoms with Crippen LogP contribution in [0.15, 0.2) is 42.5 Å². The van der Waals surface area contributed by atoms with Crippen LogP contribution in [0.3, 0.4) is 0 Å². The molecule has 1 amide bonds. The monoisotopic (exact) mass is 328 g/mol. The Labute approximate surface area is 141 Å². The number of nitrogens with zero attached hydrogens (tertiary/aromatic N) is 1. The van der Waals surface area contributed by atoms with Crippen LogP contribution in [0.2, 0.25) is 0 Å². The van der Waals surface area contributed by atoms with Crippen LogP contribution in [-0.4, -0.2) is 37.0 Å². The van der Waals surface area contributed by atoms with E-state index in [2.05, 4.69) is 0 Å². The fraction of sp³-hybridized carbons (Fsp3) is 0.316. The Balaban J connectivity index is 1.85. The molecule has 4 nitrogen and oxygen atoms in total. The SMILES string of the molecule is COc1ccc(-c2ccc(C(=O)N3CCC[C@@H]3CN)c(F)c2)cc1. The van der Waals surface area contributed by atoms with Crippen LogP contribution >= 0.6 is 0 Å². The molecular formula is C19H21FN2O2. The van der Waals surface area contributed by atoms with Gasteiger partial charge in [-0.2, -0.15) is 0 Å². The number of amides is 1. The number of hydrogen-bond donors (Lipinski definition) is 1. The molecule has 2 aromatic carbocycles. The summed E-state index contributed by atoms with van der Waals surface area (Å²) < 4.78 is 19.6. The summed E-state index contributed by atoms with van der Waals surface area (Å²) in [5, 5.41) is 0. The lowest BCUT2D eigenvalue weighted by molar-refractivity contribution is 0.0736. The van der Waals surface area contributed by atoms with Gasteiger partial charge in [0.25, 0.3) is 5.91 Å². The first kappa shape index (κ1) is 16.5. The number of methoxy groups -OCH3 is 1. The predicted molar refractivity (Wildman–Crippen MR) is 91.5 cm³/mol. The highest BCUT2D eigenvalue weighted by Crippen LogP contribution is 2.26. The zero-order valence-corrected chi connectivity index (χ0v) is 13.7. The van der Waals surface area contributed by atoms with E-state index in [9.17, 15) is 9.18 Å². The molecule has 1 fully saturated rings. The summed E-state index contributed by atoms with van der Waals surface area (Å²) in [7, 11) is 1.60. The zero-order valence-electron chi connectivity index (χ0n) is 13.7. The molecule has 3 rings (SSSR count). The van der Waals surface area contributed by atoms with Crippen molar-refractivity contribution >= 4 is 5.91 Å². The van der Waals surface area contributed by atoms with E-state index in [1.54, 1.807) is 24.1 Å². The second-order valence-corrected chi connectivity index (χ2v) is 5.95. The molecule has 0 radical (unpaired) electrons. The van der Waals surface area contributed by atoms with Gasteiger partial charge in [0.15, 0.2) is 0 Å². The highest BCUT2D eigenvalue weighted by atomic mass is 19.1. The summed E-state index contributed by atoms with van der Waals surface area (Å²) in [4.78, 5) is 14.3. The van der Waals surface area contributed by atoms with Crippen LogP contribution in [0.4, 0.5) is 4.39 Å². The van der Waals surface area contributed by atoms with E-state index in [0.29, 0.717) is 13.1 Å². The van der Waals surface area contributed by atoms with Crippen LogP contribution < -0.4 is 10.5 Å². The highest BCUT2D eigenvalue weighted by molar-refractivity contribution is 5.95. The van der Waals surface area contributed by atoms with Gasteiger partial charge in [0.2, 0.25) is 0 Å². The Kier molecular flexibility index (Phi) is 4.81. The third-order valence-electron chi connectivity index (χ3n) is 4.53. The maximum atomic E-state index is 14.5. The second-order valence-electron chi connectivity index (χ2n) is 5.95. The number of likely N-dealkylation sites (tertiary alicyclic amines) is 1. The molecule has 0 aliphatic carbocycles. The zero-order chi connectivity index (χ0) is 17.1. The Morgan fingerprint density at radius 2 is 1.96 bits per heavy atom. The summed E-state index contributed by atoms with van der Waals surface area (Å²) >= 11 is 0. The molecule has 1 heterocycles. The molecular weight excluding hydrogens is 307 g/mol. The van der Waals surface area contributed by atoms with Gasteiger partial charge in [-0.05, 0) is 48.2 Å². The highest BCUT2D eigenvalue weighted by Gasteiger charge is 2.29. The number of ether oxygens (including phenoxy) is 1. The molecule has 5 heteroatoms. The lowest BCUT2D eigenvalue weighted by Gasteiger charge is -2.23. The van der Waals surface area contributed by atoms with Crippen LogP contribution in [0.1, 0.15) is 23.2 Å². The molecule has 1 aliphatic heterocycles. The van der Waals surface area contributed by atoms with Crippen molar-refractivity contribution in [1.82, 2.24) is 4.90 Å². The second kappa shape index (κ2) is 7.01. The summed E-state index contributed by atoms with van der Waals surface area (Å²) in [6.07, 6.45) is 1.80. The Morgan fingerprint density at radius 3 is 2.58 bits per heavy atom. The average Bonchev–Trinajstić information content (AvgIpc) is 3.10. The molecule has 2 N–H and O–H groups in total. The van der Waals surface area contributed by atoms with Crippen LogP contribution in [0.5, 0.6) is 5.75 Å². The number of rotatable bonds is 4. The molecule has 0 unspecified atom stereocenters. The van der Waals surface area contributed by atoms with Crippen molar-refractivity contribution in [2.75, 3.05) is 20.2 Å². The van der Waals surface area contributed by atoms with Crippen LogP contribution in [-0.2, 0) is 0 Å². The van der Waals surface area contributed by atoms with Gasteiger partial charge in [0, 0.05) is 19.1 Å². The molecule has 2 aromatic rings. The van der Waals surface area contributed by atoms with Gasteiger partial charge >= 0.3 is 0 Å². The van der Waals surface area contributed by atoms with Crippen molar-refractivity contribution in [3.63, 3.8) is 0 Å². The molecule has 0 bridgehead atoms. The minimum atomic E-state index is -0.504. The molecule has 24 heavy (non-hydrogen) atoms. The lowest BCUT2D eigenvalue weighted by atomic mass is 10.0. The Bertz CT molecular complexity index is 731. The predicted octanol–water partition coefficient (Wildman–Crippen LogP) is 3.06. The standard InChI is InChI=1S/C19H21FN2O2/c1-24-16-7-4-13(5-8-16)14-6-9-17(18(20)11-14)19(23)22-10-2-3-15(22)12-21/h4-9,11,15H,2-3,10,12,21H2,1H3/t15-/m1/s1. The third kappa shape index (κ3) is 3.12. The van der Waals surface area contributed by atoms with E-state index in [4.69, 9.17) is 10.5 Å². The number of nitrogens with two attached hydrogens (primary N) is 1. The van der Waals surface area contributed by atoms with Crippen molar-refractivity contribution in [3.8, 4) is 16.9 Å². The van der Waals surface area contributed by atoms with Gasteiger partial charge in [-0.15, -0.1) is 0 Å². The molecule has 1 atom stereocenters. The van der Waals surface area contributed by atoms with E-state index in [1.165, 1.54) is 6.07 Å². The van der Waals surface area contributed by atoms with E-state index in [0.717, 1.165) is 29.7 Å². The average molecular weight is 328 g/mol. The fourth-order valence-electron chi connectivity index (χ4n) is 3.15. The van der Waals surface area contributed by atoms with Crippen LogP contribution in [0, 0.1) is 5.82 Å². The van der Waals surface area contributed by atoms with Gasteiger partial charge in [-0.3, -0.25) is 4.79 Å². The summed E-state index contributed by atoms with van der Waals surface area (Å²) in [6, 6.07) is 12.1. The first-order valence-electron chi connectivity index (χ1n) is 8.09. The van der Waals surface area contributed by atoms with Gasteiger partial charge in [-0.25, -0.2) is 4.39 Å². The summed E-state index contributed by atoms with van der Waals surface area (Å²) in [5.41, 5.74) is 7.40. The largest absolute Gasteiger partial charge is 0.497 e. The number of benzene rings is 2. The van der Waals surface area contributed by atoms with Gasteiger partial charge in [-0.1, -0.05) is 18.2 Å². The van der Waals surface area contributed by atoms with Crippen molar-refractivity contribution < 1.29 is 13.9 Å². The Morgan fingerprint density at radius 1 is 1.25 bits per heavy atom. The Hall–Kier alpha value is -2.40. The lowest BCUT2D eigenvalue weighted by Crippen LogP contribution is -2.40. The molecule has 1 aliphatic rings. The maximum absolute atomic E-state index is 14.5. The number of carbonyl (C=O) groups is 1. The summed E-state index contributed by atoms with van der Waals surface area (Å²) in [6.45, 7) is 1.05. The van der Waals surface area contributed by atoms with Crippen molar-refractivity contribution in [3.05, 3.63) is 53.8 Å². The van der Waals surface area contributed by atoms with E-state index >= 15 is 0 Å². The smallest absolute Gasteiger partial charge is 0.257 e. The third-order valence-corrected chi connectivity index (χ3v) is 4.53. The molecule has 1 saturated heterocycles. The number of hydrogen-bond acceptors (Lipinski definition) is 3. The first-order valence-corrected chi connectivity index (χ1v) is 8.09. The van der Waals surface area contributed by atoms with Crippen molar-refractivity contribution in [1.29, 1.82) is 0 Å². The summed E-state index contributed by atoms with van der Waals surface area (Å²) in [5.74, 6) is -0.0365. The normalized spacial score (nSPS) is 17.1. The fourth-order valence-corrected chi connectivity index (χ4v) is 3.15. The van der Waals surface area contributed by atoms with Crippen molar-refractivity contribution in [2.45, 2.75) is 18.9 Å². The van der Waals surface area contributed by atoms with E-state index in [1.807, 2.05) is 24.3 Å². The van der Waals surface area contributed by atoms with E-state index in [-0.39, 0.29) is 17.5 Å². The molecule has 0 saturated carbocycles. The minimum absolute atomic E-state index is 0.0122. The molecule has 126 valence electrons. The van der Waals surface area contributed by atoms with Gasteiger partial charge in [0.1, 0.15) is 11.6 Å². The number of halogens is 1. The first-order chi connectivity index (χ1) is 11.6. The minimum Gasteiger partial charge on any atom is -0.497 e. The topological polar surface area (TPSA) is 55.6 Å². The van der Waals surface area contributed by atoms with Gasteiger partial charge < -0.3 is 15.4 Å². The van der Waals surface area contributed by atoms with Gasteiger partial charge in [0.05, 0.1) is 12.7 Å². The van der Waals surface area contributed by atoms with Crippen molar-refractivity contribution in [2.24, 2.45) is 5.73 Å².